The molecular formula is C21H33N6O8PS. The monoisotopic (exact) mass is 560 g/mol. The summed E-state index contributed by atoms with van der Waals surface area (Å²) in [7, 11) is -3.81. The van der Waals surface area contributed by atoms with Gasteiger partial charge in [-0.1, -0.05) is 37.6 Å². The summed E-state index contributed by atoms with van der Waals surface area (Å²) in [6.45, 7) is 8.15. The van der Waals surface area contributed by atoms with Crippen LogP contribution in [0.15, 0.2) is 20.9 Å². The van der Waals surface area contributed by atoms with Crippen LogP contribution in [0.5, 0.6) is 0 Å². The number of carbonyl (C=O) groups is 1. The van der Waals surface area contributed by atoms with Crippen molar-refractivity contribution in [1.82, 2.24) is 14.2 Å². The summed E-state index contributed by atoms with van der Waals surface area (Å²) in [6, 6.07) is -0.716. The lowest BCUT2D eigenvalue weighted by atomic mass is 10.00. The molecule has 0 radical (unpaired) electrons. The molecule has 1 unspecified atom stereocenters. The number of nitrogens with zero attached hydrogens (tertiary/aromatic N) is 5. The van der Waals surface area contributed by atoms with E-state index in [9.17, 15) is 18.9 Å². The molecule has 2 aliphatic rings. The van der Waals surface area contributed by atoms with Gasteiger partial charge in [0.15, 0.2) is 5.12 Å². The summed E-state index contributed by atoms with van der Waals surface area (Å²) in [5.41, 5.74) is 7.67. The molecule has 3 heterocycles. The first-order valence-electron chi connectivity index (χ1n) is 11.9. The second-order valence-electron chi connectivity index (χ2n) is 9.67. The molecule has 0 spiro atoms. The Morgan fingerprint density at radius 2 is 2.03 bits per heavy atom. The van der Waals surface area contributed by atoms with Gasteiger partial charge in [-0.15, -0.1) is 0 Å². The van der Waals surface area contributed by atoms with Crippen molar-refractivity contribution >= 4 is 24.6 Å². The van der Waals surface area contributed by atoms with E-state index in [0.717, 1.165) is 11.8 Å². The Balaban J connectivity index is 1.70. The number of azide groups is 1. The molecule has 2 fully saturated rings. The summed E-state index contributed by atoms with van der Waals surface area (Å²) in [5.74, 6) is 0.297. The van der Waals surface area contributed by atoms with E-state index in [2.05, 4.69) is 15.0 Å². The van der Waals surface area contributed by atoms with E-state index in [1.807, 2.05) is 20.8 Å². The van der Waals surface area contributed by atoms with Gasteiger partial charge in [-0.2, -0.15) is 0 Å². The van der Waals surface area contributed by atoms with Gasteiger partial charge in [0.1, 0.15) is 6.23 Å². The molecule has 206 valence electrons. The van der Waals surface area contributed by atoms with Gasteiger partial charge in [-0.05, 0) is 12.5 Å². The summed E-state index contributed by atoms with van der Waals surface area (Å²) in [5, 5.41) is 3.76. The third-order valence-electron chi connectivity index (χ3n) is 5.78. The highest BCUT2D eigenvalue weighted by atomic mass is 32.2. The zero-order chi connectivity index (χ0) is 27.2. The van der Waals surface area contributed by atoms with E-state index >= 15 is 0 Å². The van der Waals surface area contributed by atoms with Crippen molar-refractivity contribution in [3.63, 3.8) is 0 Å². The molecule has 0 amide bonds. The average Bonchev–Trinajstić information content (AvgIpc) is 3.25. The Labute approximate surface area is 218 Å². The number of carbonyl (C=O) groups excluding carboxylic acids is 1. The predicted molar refractivity (Wildman–Crippen MR) is 136 cm³/mol. The first-order chi connectivity index (χ1) is 17.4. The fourth-order valence-corrected chi connectivity index (χ4v) is 6.31. The maximum atomic E-state index is 13.8. The van der Waals surface area contributed by atoms with Gasteiger partial charge >= 0.3 is 13.4 Å². The van der Waals surface area contributed by atoms with Gasteiger partial charge in [0.25, 0.3) is 5.56 Å². The molecule has 37 heavy (non-hydrogen) atoms. The SMILES string of the molecule is Cc1cn([C@H]2C[C@H](N=[N+]=[N-])[C@@H](COP(=O)(OCCSC(=O)C(C)(C)C)N3CCOCC3)O2)c(=O)[nH]c1=O. The lowest BCUT2D eigenvalue weighted by Crippen LogP contribution is -2.36. The van der Waals surface area contributed by atoms with Crippen LogP contribution in [-0.2, 0) is 27.9 Å². The van der Waals surface area contributed by atoms with Crippen molar-refractivity contribution in [2.45, 2.75) is 52.5 Å². The molecule has 1 aromatic heterocycles. The second kappa shape index (κ2) is 12.7. The van der Waals surface area contributed by atoms with Crippen molar-refractivity contribution in [2.75, 3.05) is 45.3 Å². The minimum atomic E-state index is -3.81. The Hall–Kier alpha value is -1.96. The Morgan fingerprint density at radius 3 is 2.68 bits per heavy atom. The Bertz CT molecular complexity index is 1170. The summed E-state index contributed by atoms with van der Waals surface area (Å²) in [4.78, 5) is 41.3. The first-order valence-corrected chi connectivity index (χ1v) is 14.3. The first kappa shape index (κ1) is 29.6. The van der Waals surface area contributed by atoms with E-state index in [-0.39, 0.29) is 24.7 Å². The highest BCUT2D eigenvalue weighted by Crippen LogP contribution is 2.53. The van der Waals surface area contributed by atoms with Crippen LogP contribution in [0.25, 0.3) is 10.4 Å². The van der Waals surface area contributed by atoms with Crippen LogP contribution in [-0.4, -0.2) is 76.8 Å². The topological polar surface area (TPSA) is 178 Å². The minimum absolute atomic E-state index is 0.00596. The predicted octanol–water partition coefficient (Wildman–Crippen LogP) is 2.59. The molecular weight excluding hydrogens is 527 g/mol. The molecule has 4 atom stereocenters. The molecule has 0 aromatic carbocycles. The van der Waals surface area contributed by atoms with Crippen LogP contribution in [0.4, 0.5) is 0 Å². The number of aromatic nitrogens is 2. The normalized spacial score (nSPS) is 24.4. The van der Waals surface area contributed by atoms with Crippen molar-refractivity contribution in [3.8, 4) is 0 Å². The molecule has 1 N–H and O–H groups in total. The molecule has 0 saturated carbocycles. The lowest BCUT2D eigenvalue weighted by Gasteiger charge is -2.33. The standard InChI is InChI=1S/C21H33N6O8PS/c1-14-12-27(20(30)23-18(14)28)17-11-15(24-25-22)16(35-17)13-34-36(31,26-5-7-32-8-6-26)33-9-10-37-19(29)21(2,3)4/h12,15-17H,5-11,13H2,1-4H3,(H,23,28,30)/t15-,16+,17+,36?/m0/s1. The molecule has 14 nitrogen and oxygen atoms in total. The van der Waals surface area contributed by atoms with Crippen molar-refractivity contribution in [1.29, 1.82) is 0 Å². The molecule has 0 aliphatic carbocycles. The zero-order valence-electron chi connectivity index (χ0n) is 21.3. The maximum absolute atomic E-state index is 13.8. The van der Waals surface area contributed by atoms with Gasteiger partial charge < -0.3 is 9.47 Å². The van der Waals surface area contributed by atoms with E-state index in [0.29, 0.717) is 37.6 Å². The van der Waals surface area contributed by atoms with Crippen LogP contribution in [0, 0.1) is 12.3 Å². The fraction of sp³-hybridized carbons (Fsp3) is 0.762. The fourth-order valence-electron chi connectivity index (χ4n) is 3.69. The smallest absolute Gasteiger partial charge is 0.379 e. The van der Waals surface area contributed by atoms with Crippen LogP contribution in [0.3, 0.4) is 0 Å². The number of rotatable bonds is 10. The highest BCUT2D eigenvalue weighted by Gasteiger charge is 2.41. The average molecular weight is 561 g/mol. The van der Waals surface area contributed by atoms with Crippen molar-refractivity contribution in [2.24, 2.45) is 10.5 Å². The van der Waals surface area contributed by atoms with Crippen LogP contribution in [0.1, 0.15) is 39.0 Å². The third kappa shape index (κ3) is 7.78. The van der Waals surface area contributed by atoms with E-state index in [1.165, 1.54) is 10.8 Å². The number of thioether (sulfide) groups is 1. The molecule has 1 aromatic rings. The van der Waals surface area contributed by atoms with Crippen LogP contribution in [0.2, 0.25) is 0 Å². The van der Waals surface area contributed by atoms with Gasteiger partial charge in [-0.3, -0.25) is 28.2 Å². The van der Waals surface area contributed by atoms with E-state index in [4.69, 9.17) is 24.1 Å². The van der Waals surface area contributed by atoms with Gasteiger partial charge in [-0.25, -0.2) is 14.0 Å². The number of nitrogens with one attached hydrogen (secondary N) is 1. The lowest BCUT2D eigenvalue weighted by molar-refractivity contribution is -0.117. The maximum Gasteiger partial charge on any atom is 0.408 e. The molecule has 0 bridgehead atoms. The Morgan fingerprint density at radius 1 is 1.32 bits per heavy atom. The Kier molecular flexibility index (Phi) is 10.2. The van der Waals surface area contributed by atoms with E-state index in [1.54, 1.807) is 11.6 Å². The largest absolute Gasteiger partial charge is 0.408 e. The number of ether oxygens (including phenoxy) is 2. The van der Waals surface area contributed by atoms with Crippen LogP contribution < -0.4 is 11.2 Å². The number of hydrogen-bond donors (Lipinski definition) is 1. The number of H-pyrrole nitrogens is 1. The minimum Gasteiger partial charge on any atom is -0.379 e. The summed E-state index contributed by atoms with van der Waals surface area (Å²) in [6.07, 6.45) is -0.122. The highest BCUT2D eigenvalue weighted by molar-refractivity contribution is 8.13. The molecule has 2 saturated heterocycles. The molecule has 2 aliphatic heterocycles. The van der Waals surface area contributed by atoms with Gasteiger partial charge in [0, 0.05) is 47.4 Å². The number of aryl methyl sites for hydroxylation is 1. The quantitative estimate of drug-likeness (QED) is 0.147. The second-order valence-corrected chi connectivity index (χ2v) is 12.8. The molecule has 16 heteroatoms. The van der Waals surface area contributed by atoms with Crippen molar-refractivity contribution in [3.05, 3.63) is 43.0 Å². The summed E-state index contributed by atoms with van der Waals surface area (Å²) >= 11 is 1.10. The zero-order valence-corrected chi connectivity index (χ0v) is 23.0. The van der Waals surface area contributed by atoms with Gasteiger partial charge in [0.2, 0.25) is 0 Å². The number of morpholine rings is 1. The number of aromatic amines is 1. The summed E-state index contributed by atoms with van der Waals surface area (Å²) < 4.78 is 39.4. The van der Waals surface area contributed by atoms with Crippen LogP contribution >= 0.6 is 19.5 Å². The number of hydrogen-bond acceptors (Lipinski definition) is 10. The molecule has 3 rings (SSSR count). The van der Waals surface area contributed by atoms with E-state index < -0.39 is 42.8 Å². The van der Waals surface area contributed by atoms with Gasteiger partial charge in [0.05, 0.1) is 38.6 Å². The third-order valence-corrected chi connectivity index (χ3v) is 9.10. The van der Waals surface area contributed by atoms with Crippen molar-refractivity contribution < 1.29 is 27.9 Å².